The van der Waals surface area contributed by atoms with E-state index in [2.05, 4.69) is 4.98 Å². The molecule has 0 aliphatic rings. The average molecular weight is 337 g/mol. The molecular formula is C14H15N3O5S. The minimum absolute atomic E-state index is 0.0832. The molecule has 2 rings (SSSR count). The molecule has 0 fully saturated rings. The van der Waals surface area contributed by atoms with Gasteiger partial charge < -0.3 is 14.5 Å². The van der Waals surface area contributed by atoms with Crippen LogP contribution in [-0.2, 0) is 9.59 Å². The summed E-state index contributed by atoms with van der Waals surface area (Å²) in [6, 6.07) is 3.01. The SMILES string of the molecule is COc1cc2[nH]c(=S)n(N(C(C)=O)C(C)=O)c(=O)c2cc1OC. The van der Waals surface area contributed by atoms with E-state index < -0.39 is 17.4 Å². The van der Waals surface area contributed by atoms with Crippen molar-refractivity contribution in [1.29, 1.82) is 0 Å². The Morgan fingerprint density at radius 2 is 1.65 bits per heavy atom. The predicted octanol–water partition coefficient (Wildman–Crippen LogP) is 1.11. The lowest BCUT2D eigenvalue weighted by molar-refractivity contribution is -0.126. The third-order valence-corrected chi connectivity index (χ3v) is 3.45. The van der Waals surface area contributed by atoms with Crippen molar-refractivity contribution < 1.29 is 19.1 Å². The molecule has 0 unspecified atom stereocenters. The zero-order valence-electron chi connectivity index (χ0n) is 13.0. The molecule has 1 aromatic heterocycles. The molecule has 8 nitrogen and oxygen atoms in total. The quantitative estimate of drug-likeness (QED) is 0.843. The molecule has 1 heterocycles. The van der Waals surface area contributed by atoms with E-state index >= 15 is 0 Å². The van der Waals surface area contributed by atoms with Crippen LogP contribution in [0.1, 0.15) is 13.8 Å². The first-order chi connectivity index (χ1) is 10.8. The van der Waals surface area contributed by atoms with Crippen molar-refractivity contribution in [2.24, 2.45) is 0 Å². The second-order valence-corrected chi connectivity index (χ2v) is 5.04. The van der Waals surface area contributed by atoms with Crippen LogP contribution in [-0.4, -0.2) is 35.7 Å². The number of aromatic nitrogens is 2. The molecule has 0 aliphatic heterocycles. The standard InChI is InChI=1S/C14H15N3O5S/c1-7(18)16(8(2)19)17-13(20)9-5-11(21-3)12(22-4)6-10(9)15-14(17)23/h5-6H,1-4H3,(H,15,23). The number of carbonyl (C=O) groups is 2. The molecule has 9 heteroatoms. The van der Waals surface area contributed by atoms with Gasteiger partial charge in [0, 0.05) is 19.9 Å². The van der Waals surface area contributed by atoms with Gasteiger partial charge in [0.05, 0.1) is 25.1 Å². The Bertz CT molecular complexity index is 901. The summed E-state index contributed by atoms with van der Waals surface area (Å²) in [6.07, 6.45) is 0. The van der Waals surface area contributed by atoms with Crippen LogP contribution in [0.4, 0.5) is 0 Å². The summed E-state index contributed by atoms with van der Waals surface area (Å²) in [6.45, 7) is 2.34. The monoisotopic (exact) mass is 337 g/mol. The molecule has 0 saturated carbocycles. The van der Waals surface area contributed by atoms with Gasteiger partial charge in [0.15, 0.2) is 11.5 Å². The molecular weight excluding hydrogens is 322 g/mol. The van der Waals surface area contributed by atoms with E-state index in [1.807, 2.05) is 0 Å². The van der Waals surface area contributed by atoms with Gasteiger partial charge in [-0.25, -0.2) is 0 Å². The molecule has 2 aromatic rings. The Balaban J connectivity index is 2.89. The number of hydrogen-bond donors (Lipinski definition) is 1. The third-order valence-electron chi connectivity index (χ3n) is 3.18. The summed E-state index contributed by atoms with van der Waals surface area (Å²) in [5.74, 6) is -0.498. The molecule has 0 bridgehead atoms. The van der Waals surface area contributed by atoms with Crippen LogP contribution < -0.4 is 20.0 Å². The normalized spacial score (nSPS) is 10.4. The summed E-state index contributed by atoms with van der Waals surface area (Å²) in [5.41, 5.74) is -0.212. The van der Waals surface area contributed by atoms with E-state index in [1.165, 1.54) is 34.1 Å². The summed E-state index contributed by atoms with van der Waals surface area (Å²) in [4.78, 5) is 38.9. The van der Waals surface area contributed by atoms with Crippen molar-refractivity contribution in [2.45, 2.75) is 13.8 Å². The number of aromatic amines is 1. The number of fused-ring (bicyclic) bond motifs is 1. The number of hydrogen-bond acceptors (Lipinski definition) is 6. The topological polar surface area (TPSA) is 93.6 Å². The number of nitrogens with one attached hydrogen (secondary N) is 1. The van der Waals surface area contributed by atoms with Gasteiger partial charge in [-0.15, -0.1) is 0 Å². The van der Waals surface area contributed by atoms with E-state index in [4.69, 9.17) is 21.7 Å². The Labute approximate surface area is 136 Å². The molecule has 2 amide bonds. The van der Waals surface area contributed by atoms with Gasteiger partial charge in [-0.3, -0.25) is 14.4 Å². The van der Waals surface area contributed by atoms with Crippen molar-refractivity contribution in [1.82, 2.24) is 9.66 Å². The van der Waals surface area contributed by atoms with Gasteiger partial charge >= 0.3 is 0 Å². The van der Waals surface area contributed by atoms with Crippen LogP contribution in [0, 0.1) is 4.77 Å². The van der Waals surface area contributed by atoms with Crippen molar-refractivity contribution in [2.75, 3.05) is 19.2 Å². The Kier molecular flexibility index (Phi) is 4.50. The average Bonchev–Trinajstić information content (AvgIpc) is 2.49. The fourth-order valence-corrected chi connectivity index (χ4v) is 2.49. The Morgan fingerprint density at radius 3 is 2.13 bits per heavy atom. The van der Waals surface area contributed by atoms with Crippen LogP contribution in [0.3, 0.4) is 0 Å². The van der Waals surface area contributed by atoms with Gasteiger partial charge in [0.25, 0.3) is 5.56 Å². The van der Waals surface area contributed by atoms with E-state index in [1.54, 1.807) is 6.07 Å². The van der Waals surface area contributed by atoms with Crippen molar-refractivity contribution in [3.8, 4) is 11.5 Å². The zero-order valence-corrected chi connectivity index (χ0v) is 13.8. The highest BCUT2D eigenvalue weighted by molar-refractivity contribution is 7.71. The lowest BCUT2D eigenvalue weighted by Crippen LogP contribution is -2.49. The van der Waals surface area contributed by atoms with E-state index in [-0.39, 0.29) is 10.2 Å². The largest absolute Gasteiger partial charge is 0.493 e. The highest BCUT2D eigenvalue weighted by Crippen LogP contribution is 2.29. The fourth-order valence-electron chi connectivity index (χ4n) is 2.22. The minimum Gasteiger partial charge on any atom is -0.493 e. The number of nitrogens with zero attached hydrogens (tertiary/aromatic N) is 2. The number of amides is 2. The first-order valence-electron chi connectivity index (χ1n) is 6.54. The Morgan fingerprint density at radius 1 is 1.13 bits per heavy atom. The molecule has 0 spiro atoms. The molecule has 1 aromatic carbocycles. The van der Waals surface area contributed by atoms with Crippen molar-refractivity contribution in [3.05, 3.63) is 27.3 Å². The molecule has 1 N–H and O–H groups in total. The Hall–Kier alpha value is -2.68. The van der Waals surface area contributed by atoms with Crippen molar-refractivity contribution in [3.63, 3.8) is 0 Å². The first-order valence-corrected chi connectivity index (χ1v) is 6.95. The number of rotatable bonds is 3. The fraction of sp³-hybridized carbons (Fsp3) is 0.286. The van der Waals surface area contributed by atoms with Gasteiger partial charge in [-0.2, -0.15) is 9.69 Å². The smallest absolute Gasteiger partial charge is 0.281 e. The maximum absolute atomic E-state index is 12.7. The number of methoxy groups -OCH3 is 2. The van der Waals surface area contributed by atoms with Gasteiger partial charge in [-0.05, 0) is 18.3 Å². The number of carbonyl (C=O) groups excluding carboxylic acids is 2. The summed E-state index contributed by atoms with van der Waals surface area (Å²) in [5, 5.41) is 0.876. The number of benzene rings is 1. The van der Waals surface area contributed by atoms with Crippen LogP contribution in [0.25, 0.3) is 10.9 Å². The second-order valence-electron chi connectivity index (χ2n) is 4.65. The first kappa shape index (κ1) is 16.7. The van der Waals surface area contributed by atoms with E-state index in [0.717, 1.165) is 4.68 Å². The van der Waals surface area contributed by atoms with E-state index in [9.17, 15) is 14.4 Å². The molecule has 0 radical (unpaired) electrons. The highest BCUT2D eigenvalue weighted by Gasteiger charge is 2.21. The summed E-state index contributed by atoms with van der Waals surface area (Å²) < 4.78 is 11.1. The molecule has 0 saturated heterocycles. The van der Waals surface area contributed by atoms with Crippen LogP contribution in [0.5, 0.6) is 11.5 Å². The summed E-state index contributed by atoms with van der Waals surface area (Å²) >= 11 is 5.11. The third kappa shape index (κ3) is 2.82. The lowest BCUT2D eigenvalue weighted by atomic mass is 10.2. The number of imide groups is 1. The number of H-pyrrole nitrogens is 1. The summed E-state index contributed by atoms with van der Waals surface area (Å²) in [7, 11) is 2.90. The van der Waals surface area contributed by atoms with Gasteiger partial charge in [0.2, 0.25) is 16.6 Å². The molecule has 122 valence electrons. The molecule has 0 atom stereocenters. The van der Waals surface area contributed by atoms with Gasteiger partial charge in [0.1, 0.15) is 0 Å². The molecule has 0 aliphatic carbocycles. The van der Waals surface area contributed by atoms with Crippen LogP contribution >= 0.6 is 12.2 Å². The highest BCUT2D eigenvalue weighted by atomic mass is 32.1. The van der Waals surface area contributed by atoms with Gasteiger partial charge in [-0.1, -0.05) is 0 Å². The molecule has 23 heavy (non-hydrogen) atoms. The maximum Gasteiger partial charge on any atom is 0.281 e. The van der Waals surface area contributed by atoms with Crippen LogP contribution in [0.2, 0.25) is 0 Å². The van der Waals surface area contributed by atoms with E-state index in [0.29, 0.717) is 22.0 Å². The zero-order chi connectivity index (χ0) is 17.3. The maximum atomic E-state index is 12.7. The number of ether oxygens (including phenoxy) is 2. The van der Waals surface area contributed by atoms with Crippen LogP contribution in [0.15, 0.2) is 16.9 Å². The lowest BCUT2D eigenvalue weighted by Gasteiger charge is -2.20. The van der Waals surface area contributed by atoms with Crippen molar-refractivity contribution >= 4 is 34.9 Å². The minimum atomic E-state index is -0.626. The predicted molar refractivity (Wildman–Crippen MR) is 86.1 cm³/mol. The second kappa shape index (κ2) is 6.21.